The average Bonchev–Trinajstić information content (AvgIpc) is 2.54. The molecular formula is C17H16N2O3. The molecule has 0 aliphatic carbocycles. The Kier molecular flexibility index (Phi) is 3.63. The highest BCUT2D eigenvalue weighted by molar-refractivity contribution is 5.97. The monoisotopic (exact) mass is 296 g/mol. The van der Waals surface area contributed by atoms with Crippen molar-refractivity contribution in [3.05, 3.63) is 69.8 Å². The van der Waals surface area contributed by atoms with E-state index in [2.05, 4.69) is 0 Å². The first-order valence-corrected chi connectivity index (χ1v) is 7.22. The molecule has 112 valence electrons. The molecule has 1 amide bonds. The fourth-order valence-electron chi connectivity index (χ4n) is 2.92. The molecule has 1 aliphatic heterocycles. The van der Waals surface area contributed by atoms with Crippen LogP contribution < -0.4 is 4.90 Å². The molecule has 0 N–H and O–H groups in total. The number of hydrogen-bond acceptors (Lipinski definition) is 3. The van der Waals surface area contributed by atoms with Crippen LogP contribution in [0.3, 0.4) is 0 Å². The summed E-state index contributed by atoms with van der Waals surface area (Å²) in [5.41, 5.74) is 2.75. The maximum absolute atomic E-state index is 12.4. The topological polar surface area (TPSA) is 63.5 Å². The molecule has 3 rings (SSSR count). The van der Waals surface area contributed by atoms with E-state index in [9.17, 15) is 14.9 Å². The minimum Gasteiger partial charge on any atom is -0.305 e. The van der Waals surface area contributed by atoms with Gasteiger partial charge in [0.05, 0.1) is 11.0 Å². The smallest absolute Gasteiger partial charge is 0.269 e. The number of rotatable bonds is 3. The Morgan fingerprint density at radius 3 is 2.55 bits per heavy atom. The van der Waals surface area contributed by atoms with Gasteiger partial charge in [0, 0.05) is 24.2 Å². The van der Waals surface area contributed by atoms with Crippen molar-refractivity contribution in [2.24, 2.45) is 0 Å². The molecule has 0 saturated carbocycles. The van der Waals surface area contributed by atoms with Crippen LogP contribution in [0.1, 0.15) is 30.5 Å². The van der Waals surface area contributed by atoms with Gasteiger partial charge in [-0.3, -0.25) is 14.9 Å². The van der Waals surface area contributed by atoms with Crippen LogP contribution in [0, 0.1) is 10.1 Å². The van der Waals surface area contributed by atoms with Crippen LogP contribution in [0.2, 0.25) is 0 Å². The van der Waals surface area contributed by atoms with Crippen LogP contribution in [0.4, 0.5) is 11.4 Å². The second-order valence-corrected chi connectivity index (χ2v) is 5.42. The quantitative estimate of drug-likeness (QED) is 0.641. The largest absolute Gasteiger partial charge is 0.305 e. The van der Waals surface area contributed by atoms with E-state index in [-0.39, 0.29) is 17.6 Å². The van der Waals surface area contributed by atoms with Crippen LogP contribution in [-0.2, 0) is 11.2 Å². The van der Waals surface area contributed by atoms with Gasteiger partial charge in [-0.25, -0.2) is 0 Å². The third-order valence-electron chi connectivity index (χ3n) is 4.08. The second kappa shape index (κ2) is 5.60. The molecule has 0 fully saturated rings. The summed E-state index contributed by atoms with van der Waals surface area (Å²) in [5, 5.41) is 10.9. The number of aryl methyl sites for hydroxylation is 1. The van der Waals surface area contributed by atoms with Gasteiger partial charge < -0.3 is 4.90 Å². The van der Waals surface area contributed by atoms with Gasteiger partial charge in [-0.05, 0) is 30.5 Å². The van der Waals surface area contributed by atoms with E-state index < -0.39 is 4.92 Å². The Hall–Kier alpha value is -2.69. The van der Waals surface area contributed by atoms with Gasteiger partial charge in [-0.15, -0.1) is 0 Å². The molecule has 0 bridgehead atoms. The molecule has 0 spiro atoms. The molecule has 2 aromatic rings. The van der Waals surface area contributed by atoms with Gasteiger partial charge >= 0.3 is 0 Å². The Labute approximate surface area is 128 Å². The molecule has 1 heterocycles. The lowest BCUT2D eigenvalue weighted by Crippen LogP contribution is -2.37. The number of benzene rings is 2. The minimum atomic E-state index is -0.401. The summed E-state index contributed by atoms with van der Waals surface area (Å²) in [7, 11) is 0. The van der Waals surface area contributed by atoms with E-state index in [0.29, 0.717) is 12.8 Å². The van der Waals surface area contributed by atoms with Gasteiger partial charge in [0.15, 0.2) is 0 Å². The molecule has 1 aliphatic rings. The molecule has 5 heteroatoms. The number of anilines is 1. The number of nitro benzene ring substituents is 1. The molecule has 0 saturated heterocycles. The second-order valence-electron chi connectivity index (χ2n) is 5.42. The number of hydrogen-bond donors (Lipinski definition) is 0. The van der Waals surface area contributed by atoms with Crippen molar-refractivity contribution in [3.8, 4) is 0 Å². The van der Waals surface area contributed by atoms with Gasteiger partial charge in [0.2, 0.25) is 5.91 Å². The Morgan fingerprint density at radius 2 is 1.86 bits per heavy atom. The number of fused-ring (bicyclic) bond motifs is 1. The summed E-state index contributed by atoms with van der Waals surface area (Å²) in [6.07, 6.45) is 0.930. The normalized spacial score (nSPS) is 15.3. The first kappa shape index (κ1) is 14.3. The van der Waals surface area contributed by atoms with Crippen LogP contribution in [-0.4, -0.2) is 10.8 Å². The standard InChI is InChI=1S/C17H16N2O3/c1-12(13-5-3-2-4-6-13)18-16-9-8-15(19(21)22)11-14(16)7-10-17(18)20/h2-6,8-9,11-12H,7,10H2,1H3/t12-/m0/s1. The van der Waals surface area contributed by atoms with Crippen LogP contribution in [0.25, 0.3) is 0 Å². The first-order chi connectivity index (χ1) is 10.6. The highest BCUT2D eigenvalue weighted by Crippen LogP contribution is 2.36. The highest BCUT2D eigenvalue weighted by atomic mass is 16.6. The van der Waals surface area contributed by atoms with Gasteiger partial charge in [-0.1, -0.05) is 30.3 Å². The molecule has 0 unspecified atom stereocenters. The molecule has 0 aromatic heterocycles. The summed E-state index contributed by atoms with van der Waals surface area (Å²) in [4.78, 5) is 24.6. The molecular weight excluding hydrogens is 280 g/mol. The predicted octanol–water partition coefficient (Wildman–Crippen LogP) is 3.64. The maximum Gasteiger partial charge on any atom is 0.269 e. The average molecular weight is 296 g/mol. The van der Waals surface area contributed by atoms with E-state index in [1.54, 1.807) is 17.0 Å². The number of nitrogens with zero attached hydrogens (tertiary/aromatic N) is 2. The predicted molar refractivity (Wildman–Crippen MR) is 83.8 cm³/mol. The van der Waals surface area contributed by atoms with Crippen molar-refractivity contribution in [2.75, 3.05) is 4.90 Å². The van der Waals surface area contributed by atoms with E-state index in [1.165, 1.54) is 6.07 Å². The van der Waals surface area contributed by atoms with E-state index in [4.69, 9.17) is 0 Å². The van der Waals surface area contributed by atoms with E-state index in [1.807, 2.05) is 37.3 Å². The molecule has 1 atom stereocenters. The SMILES string of the molecule is C[C@@H](c1ccccc1)N1C(=O)CCc2cc([N+](=O)[O-])ccc21. The van der Waals surface area contributed by atoms with Crippen molar-refractivity contribution in [1.82, 2.24) is 0 Å². The number of non-ortho nitro benzene ring substituents is 1. The number of carbonyl (C=O) groups is 1. The van der Waals surface area contributed by atoms with Crippen LogP contribution in [0.5, 0.6) is 0 Å². The molecule has 0 radical (unpaired) electrons. The van der Waals surface area contributed by atoms with Gasteiger partial charge in [0.1, 0.15) is 0 Å². The van der Waals surface area contributed by atoms with E-state index in [0.717, 1.165) is 16.8 Å². The summed E-state index contributed by atoms with van der Waals surface area (Å²) in [6.45, 7) is 1.98. The third kappa shape index (κ3) is 2.45. The lowest BCUT2D eigenvalue weighted by Gasteiger charge is -2.34. The van der Waals surface area contributed by atoms with Crippen molar-refractivity contribution in [3.63, 3.8) is 0 Å². The van der Waals surface area contributed by atoms with Crippen molar-refractivity contribution < 1.29 is 9.72 Å². The van der Waals surface area contributed by atoms with Crippen molar-refractivity contribution >= 4 is 17.3 Å². The Balaban J connectivity index is 2.03. The maximum atomic E-state index is 12.4. The third-order valence-corrected chi connectivity index (χ3v) is 4.08. The Morgan fingerprint density at radius 1 is 1.14 bits per heavy atom. The van der Waals surface area contributed by atoms with E-state index >= 15 is 0 Å². The molecule has 2 aromatic carbocycles. The first-order valence-electron chi connectivity index (χ1n) is 7.22. The summed E-state index contributed by atoms with van der Waals surface area (Å²) in [6, 6.07) is 14.4. The fourth-order valence-corrected chi connectivity index (χ4v) is 2.92. The lowest BCUT2D eigenvalue weighted by atomic mass is 9.97. The summed E-state index contributed by atoms with van der Waals surface area (Å²) < 4.78 is 0. The minimum absolute atomic E-state index is 0.0534. The lowest BCUT2D eigenvalue weighted by molar-refractivity contribution is -0.384. The number of carbonyl (C=O) groups excluding carboxylic acids is 1. The highest BCUT2D eigenvalue weighted by Gasteiger charge is 2.29. The summed E-state index contributed by atoms with van der Waals surface area (Å²) >= 11 is 0. The van der Waals surface area contributed by atoms with Crippen molar-refractivity contribution in [1.29, 1.82) is 0 Å². The summed E-state index contributed by atoms with van der Waals surface area (Å²) in [5.74, 6) is 0.0534. The van der Waals surface area contributed by atoms with Crippen LogP contribution in [0.15, 0.2) is 48.5 Å². The number of amides is 1. The van der Waals surface area contributed by atoms with Crippen molar-refractivity contribution in [2.45, 2.75) is 25.8 Å². The molecule has 5 nitrogen and oxygen atoms in total. The Bertz CT molecular complexity index is 728. The van der Waals surface area contributed by atoms with Gasteiger partial charge in [0.25, 0.3) is 5.69 Å². The fraction of sp³-hybridized carbons (Fsp3) is 0.235. The number of nitro groups is 1. The van der Waals surface area contributed by atoms with Crippen LogP contribution >= 0.6 is 0 Å². The zero-order valence-corrected chi connectivity index (χ0v) is 12.2. The zero-order valence-electron chi connectivity index (χ0n) is 12.2. The van der Waals surface area contributed by atoms with Gasteiger partial charge in [-0.2, -0.15) is 0 Å². The molecule has 22 heavy (non-hydrogen) atoms. The zero-order chi connectivity index (χ0) is 15.7.